The van der Waals surface area contributed by atoms with Gasteiger partial charge >= 0.3 is 0 Å². The van der Waals surface area contributed by atoms with Gasteiger partial charge in [0, 0.05) is 13.1 Å². The fourth-order valence-corrected chi connectivity index (χ4v) is 6.25. The highest BCUT2D eigenvalue weighted by Gasteiger charge is 2.28. The number of carbonyl (C=O) groups excluding carboxylic acids is 1. The van der Waals surface area contributed by atoms with Gasteiger partial charge in [0.05, 0.1) is 22.7 Å². The van der Waals surface area contributed by atoms with Crippen molar-refractivity contribution in [2.45, 2.75) is 44.2 Å². The SMILES string of the molecule is COc1ccc(N(CC(=O)NCc2ccccc2CN2CCCCC2)S(=O)(=O)c2ccc(C)cc2)cc1Cl. The maximum absolute atomic E-state index is 13.7. The van der Waals surface area contributed by atoms with Crippen LogP contribution in [0.1, 0.15) is 36.0 Å². The minimum atomic E-state index is -4.05. The number of amides is 1. The van der Waals surface area contributed by atoms with Crippen LogP contribution < -0.4 is 14.4 Å². The molecule has 1 fully saturated rings. The number of sulfonamides is 1. The molecular formula is C29H34ClN3O4S. The van der Waals surface area contributed by atoms with Gasteiger partial charge in [0.15, 0.2) is 0 Å². The summed E-state index contributed by atoms with van der Waals surface area (Å²) in [6.07, 6.45) is 3.69. The summed E-state index contributed by atoms with van der Waals surface area (Å²) in [5.74, 6) is -0.00160. The van der Waals surface area contributed by atoms with Crippen molar-refractivity contribution in [2.24, 2.45) is 0 Å². The molecule has 0 bridgehead atoms. The van der Waals surface area contributed by atoms with E-state index in [0.717, 1.165) is 35.1 Å². The Balaban J connectivity index is 1.54. The Labute approximate surface area is 230 Å². The van der Waals surface area contributed by atoms with Gasteiger partial charge in [-0.1, -0.05) is 60.0 Å². The third-order valence-corrected chi connectivity index (χ3v) is 8.84. The Morgan fingerprint density at radius 2 is 1.68 bits per heavy atom. The molecular weight excluding hydrogens is 522 g/mol. The van der Waals surface area contributed by atoms with Crippen molar-refractivity contribution in [1.29, 1.82) is 0 Å². The van der Waals surface area contributed by atoms with Gasteiger partial charge in [0.25, 0.3) is 10.0 Å². The molecule has 0 aromatic heterocycles. The molecule has 0 saturated carbocycles. The number of nitrogens with one attached hydrogen (secondary N) is 1. The summed E-state index contributed by atoms with van der Waals surface area (Å²) >= 11 is 6.31. The molecule has 3 aromatic rings. The van der Waals surface area contributed by atoms with Crippen LogP contribution in [-0.2, 0) is 27.9 Å². The normalized spacial score (nSPS) is 14.2. The predicted octanol–water partition coefficient (Wildman–Crippen LogP) is 5.15. The van der Waals surface area contributed by atoms with E-state index in [1.807, 2.05) is 25.1 Å². The number of carbonyl (C=O) groups is 1. The van der Waals surface area contributed by atoms with E-state index < -0.39 is 22.5 Å². The van der Waals surface area contributed by atoms with Crippen LogP contribution in [0.5, 0.6) is 5.75 Å². The Morgan fingerprint density at radius 1 is 1.00 bits per heavy atom. The summed E-state index contributed by atoms with van der Waals surface area (Å²) in [5.41, 5.74) is 3.40. The highest BCUT2D eigenvalue weighted by atomic mass is 35.5. The Hall–Kier alpha value is -3.07. The van der Waals surface area contributed by atoms with Gasteiger partial charge in [-0.05, 0) is 74.3 Å². The summed E-state index contributed by atoms with van der Waals surface area (Å²) in [5, 5.41) is 3.18. The maximum Gasteiger partial charge on any atom is 0.264 e. The van der Waals surface area contributed by atoms with Crippen LogP contribution in [0.15, 0.2) is 71.6 Å². The van der Waals surface area contributed by atoms with Crippen LogP contribution in [0.3, 0.4) is 0 Å². The number of likely N-dealkylation sites (tertiary alicyclic amines) is 1. The van der Waals surface area contributed by atoms with Crippen LogP contribution in [0, 0.1) is 6.92 Å². The van der Waals surface area contributed by atoms with Gasteiger partial charge in [0.2, 0.25) is 5.91 Å². The largest absolute Gasteiger partial charge is 0.495 e. The Kier molecular flexibility index (Phi) is 9.31. The summed E-state index contributed by atoms with van der Waals surface area (Å²) in [6.45, 7) is 4.80. The van der Waals surface area contributed by atoms with Crippen LogP contribution in [0.2, 0.25) is 5.02 Å². The van der Waals surface area contributed by atoms with Crippen molar-refractivity contribution >= 4 is 33.2 Å². The highest BCUT2D eigenvalue weighted by Crippen LogP contribution is 2.32. The predicted molar refractivity (Wildman–Crippen MR) is 151 cm³/mol. The van der Waals surface area contributed by atoms with Crippen molar-refractivity contribution in [3.63, 3.8) is 0 Å². The fraction of sp³-hybridized carbons (Fsp3) is 0.345. The van der Waals surface area contributed by atoms with E-state index in [-0.39, 0.29) is 15.6 Å². The molecule has 4 rings (SSSR count). The van der Waals surface area contributed by atoms with E-state index >= 15 is 0 Å². The second kappa shape index (κ2) is 12.7. The number of hydrogen-bond acceptors (Lipinski definition) is 5. The molecule has 9 heteroatoms. The van der Waals surface area contributed by atoms with E-state index in [4.69, 9.17) is 16.3 Å². The molecule has 0 radical (unpaired) electrons. The molecule has 1 saturated heterocycles. The number of halogens is 1. The highest BCUT2D eigenvalue weighted by molar-refractivity contribution is 7.92. The molecule has 1 amide bonds. The summed E-state index contributed by atoms with van der Waals surface area (Å²) in [4.78, 5) is 15.7. The van der Waals surface area contributed by atoms with Crippen LogP contribution >= 0.6 is 11.6 Å². The van der Waals surface area contributed by atoms with E-state index in [0.29, 0.717) is 12.3 Å². The number of hydrogen-bond donors (Lipinski definition) is 1. The smallest absolute Gasteiger partial charge is 0.264 e. The van der Waals surface area contributed by atoms with Crippen molar-refractivity contribution in [3.05, 3.63) is 88.4 Å². The zero-order valence-corrected chi connectivity index (χ0v) is 23.4. The van der Waals surface area contributed by atoms with Gasteiger partial charge in [-0.25, -0.2) is 8.42 Å². The number of benzene rings is 3. The first kappa shape index (κ1) is 28.0. The molecule has 0 unspecified atom stereocenters. The molecule has 202 valence electrons. The van der Waals surface area contributed by atoms with Crippen molar-refractivity contribution in [1.82, 2.24) is 10.2 Å². The lowest BCUT2D eigenvalue weighted by molar-refractivity contribution is -0.119. The third kappa shape index (κ3) is 6.87. The van der Waals surface area contributed by atoms with Crippen LogP contribution in [0.4, 0.5) is 5.69 Å². The Bertz CT molecular complexity index is 1360. The number of piperidine rings is 1. The lowest BCUT2D eigenvalue weighted by Crippen LogP contribution is -2.40. The van der Waals surface area contributed by atoms with Crippen molar-refractivity contribution in [2.75, 3.05) is 31.0 Å². The topological polar surface area (TPSA) is 79.0 Å². The summed E-state index contributed by atoms with van der Waals surface area (Å²) in [6, 6.07) is 19.2. The number of anilines is 1. The van der Waals surface area contributed by atoms with Crippen molar-refractivity contribution in [3.8, 4) is 5.75 Å². The van der Waals surface area contributed by atoms with Gasteiger partial charge in [-0.15, -0.1) is 0 Å². The molecule has 1 aliphatic rings. The molecule has 0 atom stereocenters. The third-order valence-electron chi connectivity index (χ3n) is 6.76. The summed E-state index contributed by atoms with van der Waals surface area (Å²) in [7, 11) is -2.56. The number of ether oxygens (including phenoxy) is 1. The van der Waals surface area contributed by atoms with E-state index in [1.54, 1.807) is 24.3 Å². The minimum Gasteiger partial charge on any atom is -0.495 e. The molecule has 38 heavy (non-hydrogen) atoms. The van der Waals surface area contributed by atoms with Crippen LogP contribution in [0.25, 0.3) is 0 Å². The van der Waals surface area contributed by atoms with E-state index in [1.165, 1.54) is 50.1 Å². The molecule has 0 spiro atoms. The second-order valence-corrected chi connectivity index (χ2v) is 11.8. The Morgan fingerprint density at radius 3 is 2.34 bits per heavy atom. The first-order valence-electron chi connectivity index (χ1n) is 12.8. The van der Waals surface area contributed by atoms with Gasteiger partial charge < -0.3 is 10.1 Å². The van der Waals surface area contributed by atoms with Gasteiger partial charge in [-0.3, -0.25) is 14.0 Å². The van der Waals surface area contributed by atoms with Gasteiger partial charge in [0.1, 0.15) is 12.3 Å². The number of nitrogens with zero attached hydrogens (tertiary/aromatic N) is 2. The lowest BCUT2D eigenvalue weighted by atomic mass is 10.0. The first-order valence-corrected chi connectivity index (χ1v) is 14.6. The molecule has 1 heterocycles. The minimum absolute atomic E-state index is 0.0923. The summed E-state index contributed by atoms with van der Waals surface area (Å²) < 4.78 is 33.6. The van der Waals surface area contributed by atoms with E-state index in [9.17, 15) is 13.2 Å². The monoisotopic (exact) mass is 555 g/mol. The average molecular weight is 556 g/mol. The maximum atomic E-state index is 13.7. The van der Waals surface area contributed by atoms with Gasteiger partial charge in [-0.2, -0.15) is 0 Å². The quantitative estimate of drug-likeness (QED) is 0.374. The second-order valence-electron chi connectivity index (χ2n) is 9.53. The first-order chi connectivity index (χ1) is 18.3. The number of rotatable bonds is 10. The van der Waals surface area contributed by atoms with E-state index in [2.05, 4.69) is 16.3 Å². The molecule has 1 aliphatic heterocycles. The molecule has 7 nitrogen and oxygen atoms in total. The zero-order valence-electron chi connectivity index (χ0n) is 21.8. The zero-order chi connectivity index (χ0) is 27.1. The lowest BCUT2D eigenvalue weighted by Gasteiger charge is -2.27. The fourth-order valence-electron chi connectivity index (χ4n) is 4.59. The number of aryl methyl sites for hydroxylation is 1. The standard InChI is InChI=1S/C29H34ClN3O4S/c1-22-10-13-26(14-11-22)38(35,36)33(25-12-15-28(37-2)27(30)18-25)21-29(34)31-19-23-8-4-5-9-24(23)20-32-16-6-3-7-17-32/h4-5,8-15,18H,3,6-7,16-17,19-21H2,1-2H3,(H,31,34). The average Bonchev–Trinajstić information content (AvgIpc) is 2.92. The molecule has 3 aromatic carbocycles. The van der Waals surface area contributed by atoms with Crippen LogP contribution in [-0.4, -0.2) is 46.0 Å². The molecule has 0 aliphatic carbocycles. The molecule has 1 N–H and O–H groups in total. The van der Waals surface area contributed by atoms with Crippen molar-refractivity contribution < 1.29 is 17.9 Å². The number of methoxy groups -OCH3 is 1.